The Morgan fingerprint density at radius 2 is 1.92 bits per heavy atom. The largest absolute Gasteiger partial charge is 0.378 e. The van der Waals surface area contributed by atoms with Crippen LogP contribution >= 0.6 is 24.0 Å². The molecule has 0 atom stereocenters. The molecule has 1 aliphatic carbocycles. The number of rotatable bonds is 8. The van der Waals surface area contributed by atoms with Crippen molar-refractivity contribution >= 4 is 29.9 Å². The van der Waals surface area contributed by atoms with Crippen LogP contribution in [0.5, 0.6) is 0 Å². The Hall–Kier alpha value is -0.830. The lowest BCUT2D eigenvalue weighted by molar-refractivity contribution is 0.0277. The van der Waals surface area contributed by atoms with Gasteiger partial charge in [-0.1, -0.05) is 24.4 Å². The molecule has 2 N–H and O–H groups in total. The van der Waals surface area contributed by atoms with Gasteiger partial charge in [-0.3, -0.25) is 4.99 Å². The third kappa shape index (κ3) is 7.94. The van der Waals surface area contributed by atoms with Gasteiger partial charge in [0, 0.05) is 32.3 Å². The van der Waals surface area contributed by atoms with Crippen LogP contribution in [0.25, 0.3) is 0 Å². The smallest absolute Gasteiger partial charge is 0.190 e. The molecule has 7 heteroatoms. The van der Waals surface area contributed by atoms with Gasteiger partial charge < -0.3 is 19.9 Å². The molecule has 1 saturated carbocycles. The van der Waals surface area contributed by atoms with E-state index in [-0.39, 0.29) is 24.0 Å². The minimum atomic E-state index is 0. The van der Waals surface area contributed by atoms with Crippen molar-refractivity contribution in [3.8, 4) is 0 Å². The summed E-state index contributed by atoms with van der Waals surface area (Å²) in [6.45, 7) is 6.44. The van der Waals surface area contributed by atoms with Gasteiger partial charge in [0.1, 0.15) is 5.76 Å². The Morgan fingerprint density at radius 1 is 1.20 bits per heavy atom. The molecule has 0 radical (unpaired) electrons. The fourth-order valence-corrected chi connectivity index (χ4v) is 3.15. The highest BCUT2D eigenvalue weighted by molar-refractivity contribution is 14.0. The van der Waals surface area contributed by atoms with Crippen molar-refractivity contribution in [2.24, 2.45) is 4.99 Å². The van der Waals surface area contributed by atoms with Crippen molar-refractivity contribution < 1.29 is 9.26 Å². The minimum absolute atomic E-state index is 0. The van der Waals surface area contributed by atoms with E-state index < -0.39 is 0 Å². The zero-order valence-corrected chi connectivity index (χ0v) is 18.1. The molecule has 6 nitrogen and oxygen atoms in total. The van der Waals surface area contributed by atoms with Gasteiger partial charge in [0.2, 0.25) is 0 Å². The van der Waals surface area contributed by atoms with E-state index in [1.165, 1.54) is 37.7 Å². The lowest BCUT2D eigenvalue weighted by Gasteiger charge is -2.22. The number of guanidine groups is 1. The molecule has 1 aromatic heterocycles. The van der Waals surface area contributed by atoms with Crippen LogP contribution < -0.4 is 10.6 Å². The Bertz CT molecular complexity index is 494. The number of ether oxygens (including phenoxy) is 1. The molecule has 0 unspecified atom stereocenters. The van der Waals surface area contributed by atoms with E-state index in [9.17, 15) is 0 Å². The molecule has 0 aliphatic heterocycles. The van der Waals surface area contributed by atoms with Crippen molar-refractivity contribution in [2.45, 2.75) is 64.9 Å². The number of halogens is 1. The number of hydrogen-bond acceptors (Lipinski definition) is 4. The molecule has 0 amide bonds. The number of nitrogens with zero attached hydrogens (tertiary/aromatic N) is 2. The Kier molecular flexibility index (Phi) is 11.1. The number of aromatic nitrogens is 1. The molecule has 1 fully saturated rings. The van der Waals surface area contributed by atoms with Crippen molar-refractivity contribution in [3.63, 3.8) is 0 Å². The molecule has 0 bridgehead atoms. The average Bonchev–Trinajstić information content (AvgIpc) is 2.92. The predicted molar refractivity (Wildman–Crippen MR) is 112 cm³/mol. The number of nitrogens with one attached hydrogen (secondary N) is 2. The molecule has 1 heterocycles. The van der Waals surface area contributed by atoms with Crippen LogP contribution in [0.3, 0.4) is 0 Å². The second-order valence-corrected chi connectivity index (χ2v) is 6.46. The van der Waals surface area contributed by atoms with Gasteiger partial charge in [0.15, 0.2) is 5.96 Å². The summed E-state index contributed by atoms with van der Waals surface area (Å²) < 4.78 is 11.1. The summed E-state index contributed by atoms with van der Waals surface area (Å²) in [6, 6.07) is 0. The van der Waals surface area contributed by atoms with Gasteiger partial charge in [0.25, 0.3) is 0 Å². The van der Waals surface area contributed by atoms with Crippen molar-refractivity contribution in [1.29, 1.82) is 0 Å². The van der Waals surface area contributed by atoms with Crippen LogP contribution in [0.15, 0.2) is 9.52 Å². The molecule has 0 spiro atoms. The second-order valence-electron chi connectivity index (χ2n) is 6.46. The summed E-state index contributed by atoms with van der Waals surface area (Å²) in [4.78, 5) is 4.25. The van der Waals surface area contributed by atoms with Crippen LogP contribution in [0.1, 0.15) is 55.5 Å². The van der Waals surface area contributed by atoms with Crippen LogP contribution in [0, 0.1) is 13.8 Å². The average molecular weight is 464 g/mol. The summed E-state index contributed by atoms with van der Waals surface area (Å²) in [5.74, 6) is 1.73. The molecule has 0 saturated heterocycles. The first-order valence-corrected chi connectivity index (χ1v) is 9.18. The maximum Gasteiger partial charge on any atom is 0.190 e. The van der Waals surface area contributed by atoms with E-state index in [0.29, 0.717) is 6.10 Å². The third-order valence-electron chi connectivity index (χ3n) is 4.59. The Morgan fingerprint density at radius 3 is 2.56 bits per heavy atom. The number of aliphatic imine (C=N–C) groups is 1. The minimum Gasteiger partial charge on any atom is -0.378 e. The van der Waals surface area contributed by atoms with Crippen molar-refractivity contribution in [2.75, 3.05) is 26.7 Å². The van der Waals surface area contributed by atoms with Gasteiger partial charge in [0.05, 0.1) is 11.8 Å². The van der Waals surface area contributed by atoms with E-state index in [0.717, 1.165) is 50.0 Å². The molecule has 1 aliphatic rings. The van der Waals surface area contributed by atoms with E-state index in [1.54, 1.807) is 7.05 Å². The first-order chi connectivity index (χ1) is 11.7. The zero-order valence-electron chi connectivity index (χ0n) is 15.8. The SMILES string of the molecule is CN=C(NCCCOC1CCCCC1)NCCc1c(C)noc1C.I. The normalized spacial score (nSPS) is 15.7. The summed E-state index contributed by atoms with van der Waals surface area (Å²) in [7, 11) is 1.80. The van der Waals surface area contributed by atoms with E-state index in [1.807, 2.05) is 13.8 Å². The maximum absolute atomic E-state index is 5.94. The summed E-state index contributed by atoms with van der Waals surface area (Å²) in [5.41, 5.74) is 2.15. The lowest BCUT2D eigenvalue weighted by Crippen LogP contribution is -2.39. The van der Waals surface area contributed by atoms with E-state index >= 15 is 0 Å². The number of hydrogen-bond donors (Lipinski definition) is 2. The highest BCUT2D eigenvalue weighted by Gasteiger charge is 2.13. The number of aryl methyl sites for hydroxylation is 2. The molecule has 144 valence electrons. The summed E-state index contributed by atoms with van der Waals surface area (Å²) >= 11 is 0. The van der Waals surface area contributed by atoms with Crippen LogP contribution in [-0.4, -0.2) is 44.0 Å². The fourth-order valence-electron chi connectivity index (χ4n) is 3.15. The third-order valence-corrected chi connectivity index (χ3v) is 4.59. The molecular formula is C18H33IN4O2. The standard InChI is InChI=1S/C18H32N4O2.HI/c1-14-17(15(2)24-22-14)10-12-21-18(19-3)20-11-7-13-23-16-8-5-4-6-9-16;/h16H,4-13H2,1-3H3,(H2,19,20,21);1H. The van der Waals surface area contributed by atoms with Crippen molar-refractivity contribution in [3.05, 3.63) is 17.0 Å². The zero-order chi connectivity index (χ0) is 17.2. The quantitative estimate of drug-likeness (QED) is 0.267. The predicted octanol–water partition coefficient (Wildman–Crippen LogP) is 3.36. The van der Waals surface area contributed by atoms with Gasteiger partial charge in [-0.2, -0.15) is 0 Å². The van der Waals surface area contributed by atoms with Crippen LogP contribution in [0.2, 0.25) is 0 Å². The fraction of sp³-hybridized carbons (Fsp3) is 0.778. The topological polar surface area (TPSA) is 71.7 Å². The van der Waals surface area contributed by atoms with E-state index in [2.05, 4.69) is 20.8 Å². The van der Waals surface area contributed by atoms with Crippen molar-refractivity contribution in [1.82, 2.24) is 15.8 Å². The Balaban J connectivity index is 0.00000312. The highest BCUT2D eigenvalue weighted by atomic mass is 127. The monoisotopic (exact) mass is 464 g/mol. The summed E-state index contributed by atoms with van der Waals surface area (Å²) in [6.07, 6.45) is 8.86. The molecule has 2 rings (SSSR count). The first kappa shape index (κ1) is 22.2. The maximum atomic E-state index is 5.94. The van der Waals surface area contributed by atoms with Gasteiger partial charge in [-0.05, 0) is 39.5 Å². The molecular weight excluding hydrogens is 431 g/mol. The highest BCUT2D eigenvalue weighted by Crippen LogP contribution is 2.20. The van der Waals surface area contributed by atoms with Crippen LogP contribution in [-0.2, 0) is 11.2 Å². The van der Waals surface area contributed by atoms with Gasteiger partial charge in [-0.25, -0.2) is 0 Å². The lowest BCUT2D eigenvalue weighted by atomic mass is 9.98. The van der Waals surface area contributed by atoms with Crippen LogP contribution in [0.4, 0.5) is 0 Å². The van der Waals surface area contributed by atoms with Gasteiger partial charge >= 0.3 is 0 Å². The Labute approximate surface area is 168 Å². The first-order valence-electron chi connectivity index (χ1n) is 9.18. The van der Waals surface area contributed by atoms with Gasteiger partial charge in [-0.15, -0.1) is 24.0 Å². The molecule has 25 heavy (non-hydrogen) atoms. The molecule has 1 aromatic rings. The summed E-state index contributed by atoms with van der Waals surface area (Å²) in [5, 5.41) is 10.6. The molecule has 0 aromatic carbocycles. The second kappa shape index (κ2) is 12.5. The van der Waals surface area contributed by atoms with E-state index in [4.69, 9.17) is 9.26 Å².